The molecule has 1 aromatic carbocycles. The smallest absolute Gasteiger partial charge is 0.298 e. The number of hydrogen-bond acceptors (Lipinski definition) is 7. The second-order valence-corrected chi connectivity index (χ2v) is 10.7. The van der Waals surface area contributed by atoms with E-state index in [2.05, 4.69) is 25.9 Å². The minimum Gasteiger partial charge on any atom is -0.473 e. The first-order valence-corrected chi connectivity index (χ1v) is 14.4. The zero-order valence-corrected chi connectivity index (χ0v) is 24.5. The molecule has 0 saturated carbocycles. The van der Waals surface area contributed by atoms with Crippen LogP contribution in [0.3, 0.4) is 0 Å². The van der Waals surface area contributed by atoms with Crippen molar-refractivity contribution in [1.82, 2.24) is 29.0 Å². The molecule has 4 aromatic rings. The number of piperidine rings is 1. The number of hydrogen-bond donors (Lipinski definition) is 0. The van der Waals surface area contributed by atoms with Crippen LogP contribution >= 0.6 is 11.6 Å². The van der Waals surface area contributed by atoms with Crippen molar-refractivity contribution in [3.05, 3.63) is 100 Å². The van der Waals surface area contributed by atoms with E-state index in [4.69, 9.17) is 31.0 Å². The maximum absolute atomic E-state index is 14.1. The molecule has 5 rings (SSSR count). The molecule has 1 saturated heterocycles. The van der Waals surface area contributed by atoms with Crippen molar-refractivity contribution in [3.8, 4) is 5.88 Å². The van der Waals surface area contributed by atoms with Crippen LogP contribution in [-0.4, -0.2) is 48.5 Å². The van der Waals surface area contributed by atoms with Crippen LogP contribution in [0.2, 0.25) is 5.02 Å². The number of likely N-dealkylation sites (tertiary alicyclic amines) is 1. The summed E-state index contributed by atoms with van der Waals surface area (Å²) < 4.78 is 29.2. The summed E-state index contributed by atoms with van der Waals surface area (Å²) in [6.45, 7) is 8.26. The molecule has 42 heavy (non-hydrogen) atoms. The van der Waals surface area contributed by atoms with Gasteiger partial charge in [0.05, 0.1) is 37.0 Å². The number of ether oxygens (including phenoxy) is 2. The van der Waals surface area contributed by atoms with E-state index in [1.807, 2.05) is 36.9 Å². The van der Waals surface area contributed by atoms with Crippen LogP contribution in [0.25, 0.3) is 6.08 Å². The zero-order valence-electron chi connectivity index (χ0n) is 23.7. The predicted molar refractivity (Wildman–Crippen MR) is 157 cm³/mol. The molecule has 220 valence electrons. The molecule has 4 heterocycles. The number of carbonyl (C=O) groups excluding carboxylic acids is 1. The molecular formula is C31H34ClFN6O3. The Morgan fingerprint density at radius 1 is 1.17 bits per heavy atom. The van der Waals surface area contributed by atoms with Gasteiger partial charge in [0.15, 0.2) is 0 Å². The van der Waals surface area contributed by atoms with Gasteiger partial charge in [-0.1, -0.05) is 23.7 Å². The van der Waals surface area contributed by atoms with E-state index in [-0.39, 0.29) is 6.61 Å². The summed E-state index contributed by atoms with van der Waals surface area (Å²) in [4.78, 5) is 27.0. The molecule has 11 heteroatoms. The molecule has 9 nitrogen and oxygen atoms in total. The van der Waals surface area contributed by atoms with Gasteiger partial charge in [0, 0.05) is 47.1 Å². The third kappa shape index (κ3) is 7.24. The maximum Gasteiger partial charge on any atom is 0.298 e. The highest BCUT2D eigenvalue weighted by molar-refractivity contribution is 6.30. The highest BCUT2D eigenvalue weighted by Crippen LogP contribution is 2.29. The number of allylic oxidation sites excluding steroid dienone is 1. The van der Waals surface area contributed by atoms with Gasteiger partial charge in [-0.15, -0.1) is 0 Å². The predicted octanol–water partition coefficient (Wildman–Crippen LogP) is 5.83. The van der Waals surface area contributed by atoms with Crippen LogP contribution in [0.4, 0.5) is 4.39 Å². The molecule has 0 radical (unpaired) electrons. The van der Waals surface area contributed by atoms with Gasteiger partial charge in [-0.2, -0.15) is 0 Å². The van der Waals surface area contributed by atoms with E-state index in [1.165, 1.54) is 6.07 Å². The molecule has 0 atom stereocenters. The average molecular weight is 593 g/mol. The van der Waals surface area contributed by atoms with Crippen molar-refractivity contribution in [2.45, 2.75) is 58.8 Å². The van der Waals surface area contributed by atoms with Crippen molar-refractivity contribution >= 4 is 24.1 Å². The summed E-state index contributed by atoms with van der Waals surface area (Å²) in [7, 11) is 0. The van der Waals surface area contributed by atoms with E-state index in [0.29, 0.717) is 47.7 Å². The number of benzene rings is 1. The Balaban J connectivity index is 1.23. The van der Waals surface area contributed by atoms with Gasteiger partial charge in [0.25, 0.3) is 6.47 Å². The van der Waals surface area contributed by atoms with Gasteiger partial charge in [0.2, 0.25) is 5.88 Å². The molecule has 0 amide bonds. The largest absolute Gasteiger partial charge is 0.473 e. The second-order valence-electron chi connectivity index (χ2n) is 10.3. The third-order valence-corrected chi connectivity index (χ3v) is 7.76. The lowest BCUT2D eigenvalue weighted by atomic mass is 9.93. The zero-order chi connectivity index (χ0) is 29.5. The Morgan fingerprint density at radius 3 is 2.76 bits per heavy atom. The molecule has 0 spiro atoms. The fourth-order valence-corrected chi connectivity index (χ4v) is 5.37. The number of aryl methyl sites for hydroxylation is 1. The molecule has 0 unspecified atom stereocenters. The van der Waals surface area contributed by atoms with Crippen LogP contribution in [0.5, 0.6) is 5.88 Å². The summed E-state index contributed by atoms with van der Waals surface area (Å²) in [5.74, 6) is 1.82. The molecule has 1 aliphatic rings. The summed E-state index contributed by atoms with van der Waals surface area (Å²) in [6.07, 6.45) is 9.24. The first-order chi connectivity index (χ1) is 20.4. The number of carbonyl (C=O) groups is 1. The van der Waals surface area contributed by atoms with Gasteiger partial charge < -0.3 is 18.6 Å². The van der Waals surface area contributed by atoms with Crippen molar-refractivity contribution in [2.24, 2.45) is 0 Å². The maximum atomic E-state index is 14.1. The molecule has 0 N–H and O–H groups in total. The summed E-state index contributed by atoms with van der Waals surface area (Å²) in [6, 6.07) is 10.3. The fourth-order valence-electron chi connectivity index (χ4n) is 5.21. The molecule has 3 aromatic heterocycles. The fraction of sp³-hybridized carbons (Fsp3) is 0.355. The first kappa shape index (κ1) is 29.5. The summed E-state index contributed by atoms with van der Waals surface area (Å²) >= 11 is 5.85. The Morgan fingerprint density at radius 2 is 2.00 bits per heavy atom. The minimum atomic E-state index is -0.393. The number of nitrogens with zero attached hydrogens (tertiary/aromatic N) is 6. The standard InChI is InChI=1S/C31H34ClFN6O3/c1-3-38-20-34-15-27(38)17-39-26(13-22(2)42-21-40)16-35-30(39)18-37-11-9-23(10-12-37)29-5-4-6-31(36-29)41-19-24-7-8-25(32)14-28(24)33/h4-8,13-16,20-21,23H,3,9-12,17-19H2,1-2H3/b22-13+. The van der Waals surface area contributed by atoms with E-state index in [9.17, 15) is 9.18 Å². The summed E-state index contributed by atoms with van der Waals surface area (Å²) in [5, 5.41) is 0.354. The van der Waals surface area contributed by atoms with Gasteiger partial charge in [-0.3, -0.25) is 9.69 Å². The van der Waals surface area contributed by atoms with Crippen LogP contribution in [0.1, 0.15) is 61.1 Å². The SMILES string of the molecule is CCn1cncc1Cn1c(/C=C(\C)OC=O)cnc1CN1CCC(c2cccc(OCc3ccc(Cl)cc3F)n2)CC1. The number of aromatic nitrogens is 5. The van der Waals surface area contributed by atoms with Crippen molar-refractivity contribution in [2.75, 3.05) is 13.1 Å². The van der Waals surface area contributed by atoms with Gasteiger partial charge >= 0.3 is 0 Å². The number of pyridine rings is 1. The number of halogens is 2. The Bertz CT molecular complexity index is 1540. The normalized spacial score (nSPS) is 14.7. The Labute approximate surface area is 249 Å². The Hall–Kier alpha value is -4.02. The van der Waals surface area contributed by atoms with Crippen LogP contribution in [0.15, 0.2) is 60.9 Å². The highest BCUT2D eigenvalue weighted by atomic mass is 35.5. The van der Waals surface area contributed by atoms with E-state index < -0.39 is 5.82 Å². The van der Waals surface area contributed by atoms with E-state index >= 15 is 0 Å². The topological polar surface area (TPSA) is 87.3 Å². The van der Waals surface area contributed by atoms with Crippen LogP contribution in [0, 0.1) is 5.82 Å². The van der Waals surface area contributed by atoms with E-state index in [0.717, 1.165) is 55.4 Å². The summed E-state index contributed by atoms with van der Waals surface area (Å²) in [5.41, 5.74) is 3.35. The molecule has 1 aliphatic heterocycles. The third-order valence-electron chi connectivity index (χ3n) is 7.52. The van der Waals surface area contributed by atoms with Crippen LogP contribution < -0.4 is 4.74 Å². The van der Waals surface area contributed by atoms with Crippen LogP contribution in [-0.2, 0) is 35.8 Å². The van der Waals surface area contributed by atoms with Crippen molar-refractivity contribution in [1.29, 1.82) is 0 Å². The second kappa shape index (κ2) is 13.8. The average Bonchev–Trinajstić information content (AvgIpc) is 3.60. The number of imidazole rings is 2. The minimum absolute atomic E-state index is 0.0849. The van der Waals surface area contributed by atoms with Gasteiger partial charge in [-0.25, -0.2) is 19.3 Å². The molecular weight excluding hydrogens is 559 g/mol. The van der Waals surface area contributed by atoms with Crippen molar-refractivity contribution < 1.29 is 18.7 Å². The lowest BCUT2D eigenvalue weighted by Crippen LogP contribution is -2.33. The van der Waals surface area contributed by atoms with Gasteiger partial charge in [0.1, 0.15) is 24.0 Å². The first-order valence-electron chi connectivity index (χ1n) is 14.0. The monoisotopic (exact) mass is 592 g/mol. The van der Waals surface area contributed by atoms with Crippen molar-refractivity contribution in [3.63, 3.8) is 0 Å². The molecule has 0 bridgehead atoms. The molecule has 0 aliphatic carbocycles. The lowest BCUT2D eigenvalue weighted by molar-refractivity contribution is -0.124. The lowest BCUT2D eigenvalue weighted by Gasteiger charge is -2.31. The highest BCUT2D eigenvalue weighted by Gasteiger charge is 2.24. The Kier molecular flexibility index (Phi) is 9.66. The van der Waals surface area contributed by atoms with E-state index in [1.54, 1.807) is 25.1 Å². The molecule has 1 fully saturated rings. The quantitative estimate of drug-likeness (QED) is 0.151. The van der Waals surface area contributed by atoms with Gasteiger partial charge in [-0.05, 0) is 58.0 Å². The number of rotatable bonds is 12.